The second kappa shape index (κ2) is 9.90. The van der Waals surface area contributed by atoms with Crippen LogP contribution in [0.3, 0.4) is 0 Å². The van der Waals surface area contributed by atoms with E-state index in [1.54, 1.807) is 4.90 Å². The molecule has 0 aromatic heterocycles. The third-order valence-corrected chi connectivity index (χ3v) is 7.10. The van der Waals surface area contributed by atoms with Crippen molar-refractivity contribution in [3.05, 3.63) is 35.4 Å². The van der Waals surface area contributed by atoms with Gasteiger partial charge in [0.1, 0.15) is 0 Å². The van der Waals surface area contributed by atoms with Crippen LogP contribution >= 0.6 is 0 Å². The Labute approximate surface area is 182 Å². The molecule has 2 fully saturated rings. The highest BCUT2D eigenvalue weighted by molar-refractivity contribution is 5.76. The molecular weight excluding hydrogens is 405 g/mol. The van der Waals surface area contributed by atoms with E-state index in [2.05, 4.69) is 29.2 Å². The average molecular weight is 439 g/mol. The van der Waals surface area contributed by atoms with Gasteiger partial charge in [0.25, 0.3) is 0 Å². The van der Waals surface area contributed by atoms with E-state index >= 15 is 0 Å². The molecule has 0 bridgehead atoms. The van der Waals surface area contributed by atoms with Crippen LogP contribution in [0.25, 0.3) is 0 Å². The van der Waals surface area contributed by atoms with Crippen LogP contribution in [0.4, 0.5) is 13.2 Å². The molecule has 3 aliphatic rings. The van der Waals surface area contributed by atoms with E-state index in [1.165, 1.54) is 11.1 Å². The number of alkyl halides is 3. The zero-order valence-electron chi connectivity index (χ0n) is 18.1. The summed E-state index contributed by atoms with van der Waals surface area (Å²) in [5.41, 5.74) is 2.90. The molecule has 0 radical (unpaired) electrons. The number of halogens is 3. The van der Waals surface area contributed by atoms with Crippen LogP contribution in [0.15, 0.2) is 24.3 Å². The largest absolute Gasteiger partial charge is 0.389 e. The summed E-state index contributed by atoms with van der Waals surface area (Å²) in [5.74, 6) is -0.0437. The number of carbonyl (C=O) groups excluding carboxylic acids is 1. The second-order valence-electron chi connectivity index (χ2n) is 9.36. The minimum Gasteiger partial charge on any atom is -0.376 e. The Kier molecular flexibility index (Phi) is 7.22. The van der Waals surface area contributed by atoms with Gasteiger partial charge in [0, 0.05) is 32.2 Å². The lowest BCUT2D eigenvalue weighted by atomic mass is 9.94. The molecule has 1 amide bonds. The lowest BCUT2D eigenvalue weighted by molar-refractivity contribution is -0.150. The fraction of sp³-hybridized carbons (Fsp3) is 0.708. The lowest BCUT2D eigenvalue weighted by Crippen LogP contribution is -2.46. The van der Waals surface area contributed by atoms with E-state index in [0.29, 0.717) is 31.7 Å². The molecular formula is C24H33F3N2O2. The molecule has 7 heteroatoms. The van der Waals surface area contributed by atoms with Crippen molar-refractivity contribution < 1.29 is 22.7 Å². The normalized spacial score (nSPS) is 23.3. The molecule has 0 saturated carbocycles. The molecule has 0 unspecified atom stereocenters. The Morgan fingerprint density at radius 3 is 2.32 bits per heavy atom. The number of amides is 1. The van der Waals surface area contributed by atoms with Gasteiger partial charge in [-0.15, -0.1) is 0 Å². The van der Waals surface area contributed by atoms with Crippen LogP contribution in [0, 0.1) is 5.92 Å². The monoisotopic (exact) mass is 438 g/mol. The SMILES string of the molecule is O=C(CCC(F)(F)F)N(CC1CCN(C2Cc3ccccc3C2)CC1)C[C@@H]1CCCO1. The van der Waals surface area contributed by atoms with E-state index < -0.39 is 19.0 Å². The molecule has 1 aliphatic carbocycles. The van der Waals surface area contributed by atoms with Crippen molar-refractivity contribution in [3.8, 4) is 0 Å². The van der Waals surface area contributed by atoms with Gasteiger partial charge < -0.3 is 9.64 Å². The number of piperidine rings is 1. The van der Waals surface area contributed by atoms with Crippen LogP contribution in [-0.2, 0) is 22.4 Å². The summed E-state index contributed by atoms with van der Waals surface area (Å²) in [6.07, 6.45) is 0.166. The zero-order chi connectivity index (χ0) is 21.8. The van der Waals surface area contributed by atoms with Crippen LogP contribution in [0.5, 0.6) is 0 Å². The van der Waals surface area contributed by atoms with Crippen LogP contribution in [-0.4, -0.2) is 66.8 Å². The smallest absolute Gasteiger partial charge is 0.376 e. The number of nitrogens with zero attached hydrogens (tertiary/aromatic N) is 2. The van der Waals surface area contributed by atoms with Crippen molar-refractivity contribution in [2.24, 2.45) is 5.92 Å². The van der Waals surface area contributed by atoms with Gasteiger partial charge in [0.15, 0.2) is 0 Å². The summed E-state index contributed by atoms with van der Waals surface area (Å²) >= 11 is 0. The predicted octanol–water partition coefficient (Wildman–Crippen LogP) is 4.22. The number of carbonyl (C=O) groups is 1. The van der Waals surface area contributed by atoms with Gasteiger partial charge in [-0.1, -0.05) is 24.3 Å². The molecule has 172 valence electrons. The minimum absolute atomic E-state index is 0.0353. The Morgan fingerprint density at radius 1 is 1.06 bits per heavy atom. The first-order valence-electron chi connectivity index (χ1n) is 11.6. The minimum atomic E-state index is -4.30. The molecule has 1 aromatic carbocycles. The molecule has 2 aliphatic heterocycles. The maximum absolute atomic E-state index is 12.6. The van der Waals surface area contributed by atoms with Crippen molar-refractivity contribution >= 4 is 5.91 Å². The van der Waals surface area contributed by atoms with Crippen molar-refractivity contribution in [1.82, 2.24) is 9.80 Å². The average Bonchev–Trinajstić information content (AvgIpc) is 3.41. The van der Waals surface area contributed by atoms with Gasteiger partial charge in [0.2, 0.25) is 5.91 Å². The van der Waals surface area contributed by atoms with Crippen molar-refractivity contribution in [3.63, 3.8) is 0 Å². The van der Waals surface area contributed by atoms with Gasteiger partial charge in [-0.2, -0.15) is 13.2 Å². The molecule has 2 heterocycles. The first-order valence-corrected chi connectivity index (χ1v) is 11.6. The first-order chi connectivity index (χ1) is 14.9. The summed E-state index contributed by atoms with van der Waals surface area (Å²) in [5, 5.41) is 0. The van der Waals surface area contributed by atoms with Crippen molar-refractivity contribution in [1.29, 1.82) is 0 Å². The fourth-order valence-electron chi connectivity index (χ4n) is 5.33. The van der Waals surface area contributed by atoms with Gasteiger partial charge >= 0.3 is 6.18 Å². The van der Waals surface area contributed by atoms with Gasteiger partial charge in [0.05, 0.1) is 12.5 Å². The van der Waals surface area contributed by atoms with Crippen LogP contribution < -0.4 is 0 Å². The maximum atomic E-state index is 12.6. The number of rotatable bonds is 7. The van der Waals surface area contributed by atoms with Gasteiger partial charge in [-0.3, -0.25) is 9.69 Å². The molecule has 0 spiro atoms. The third kappa shape index (κ3) is 6.22. The zero-order valence-corrected chi connectivity index (χ0v) is 18.1. The van der Waals surface area contributed by atoms with E-state index in [1.807, 2.05) is 0 Å². The highest BCUT2D eigenvalue weighted by Gasteiger charge is 2.33. The van der Waals surface area contributed by atoms with E-state index in [0.717, 1.165) is 51.6 Å². The summed E-state index contributed by atoms with van der Waals surface area (Å²) < 4.78 is 43.6. The molecule has 4 nitrogen and oxygen atoms in total. The van der Waals surface area contributed by atoms with E-state index in [4.69, 9.17) is 4.74 Å². The maximum Gasteiger partial charge on any atom is 0.389 e. The number of ether oxygens (including phenoxy) is 1. The van der Waals surface area contributed by atoms with E-state index in [-0.39, 0.29) is 12.0 Å². The topological polar surface area (TPSA) is 32.8 Å². The number of fused-ring (bicyclic) bond motifs is 1. The second-order valence-corrected chi connectivity index (χ2v) is 9.36. The first kappa shape index (κ1) is 22.6. The Balaban J connectivity index is 1.28. The number of benzene rings is 1. The molecule has 0 N–H and O–H groups in total. The summed E-state index contributed by atoms with van der Waals surface area (Å²) in [4.78, 5) is 16.8. The predicted molar refractivity (Wildman–Crippen MR) is 113 cm³/mol. The standard InChI is InChI=1S/C24H33F3N2O2/c25-24(26,27)10-7-23(30)29(17-22-6-3-13-31-22)16-18-8-11-28(12-9-18)21-14-19-4-1-2-5-20(19)15-21/h1-2,4-5,18,21-22H,3,6-17H2/t22-/m0/s1. The van der Waals surface area contributed by atoms with Gasteiger partial charge in [-0.25, -0.2) is 0 Å². The number of likely N-dealkylation sites (tertiary alicyclic amines) is 1. The molecule has 31 heavy (non-hydrogen) atoms. The highest BCUT2D eigenvalue weighted by Crippen LogP contribution is 2.29. The van der Waals surface area contributed by atoms with Gasteiger partial charge in [-0.05, 0) is 68.7 Å². The molecule has 1 aromatic rings. The van der Waals surface area contributed by atoms with Crippen LogP contribution in [0.1, 0.15) is 49.7 Å². The van der Waals surface area contributed by atoms with Crippen LogP contribution in [0.2, 0.25) is 0 Å². The molecule has 2 saturated heterocycles. The quantitative estimate of drug-likeness (QED) is 0.639. The van der Waals surface area contributed by atoms with E-state index in [9.17, 15) is 18.0 Å². The highest BCUT2D eigenvalue weighted by atomic mass is 19.4. The molecule has 4 rings (SSSR count). The van der Waals surface area contributed by atoms with Crippen molar-refractivity contribution in [2.75, 3.05) is 32.8 Å². The summed E-state index contributed by atoms with van der Waals surface area (Å²) in [6.45, 7) is 3.64. The Bertz CT molecular complexity index is 716. The Hall–Kier alpha value is -1.60. The number of hydrogen-bond donors (Lipinski definition) is 0. The number of hydrogen-bond acceptors (Lipinski definition) is 3. The summed E-state index contributed by atoms with van der Waals surface area (Å²) in [7, 11) is 0. The third-order valence-electron chi connectivity index (χ3n) is 7.10. The lowest BCUT2D eigenvalue weighted by Gasteiger charge is -2.38. The molecule has 1 atom stereocenters. The fourth-order valence-corrected chi connectivity index (χ4v) is 5.33. The Morgan fingerprint density at radius 2 is 1.74 bits per heavy atom. The summed E-state index contributed by atoms with van der Waals surface area (Å²) in [6, 6.07) is 9.20. The van der Waals surface area contributed by atoms with Crippen molar-refractivity contribution in [2.45, 2.75) is 69.7 Å².